The van der Waals surface area contributed by atoms with Crippen LogP contribution in [0.25, 0.3) is 0 Å². The van der Waals surface area contributed by atoms with E-state index < -0.39 is 0 Å². The van der Waals surface area contributed by atoms with Gasteiger partial charge < -0.3 is 14.7 Å². The Morgan fingerprint density at radius 1 is 0.955 bits per heavy atom. The minimum absolute atomic E-state index is 0.0510. The zero-order chi connectivity index (χ0) is 16.7. The molecule has 0 spiro atoms. The molecule has 22 heavy (non-hydrogen) atoms. The lowest BCUT2D eigenvalue weighted by molar-refractivity contribution is -0.130. The second-order valence-electron chi connectivity index (χ2n) is 5.40. The van der Waals surface area contributed by atoms with Gasteiger partial charge in [0.15, 0.2) is 0 Å². The van der Waals surface area contributed by atoms with Crippen LogP contribution in [0.5, 0.6) is 0 Å². The zero-order valence-electron chi connectivity index (χ0n) is 14.3. The predicted octanol–water partition coefficient (Wildman–Crippen LogP) is 2.36. The van der Waals surface area contributed by atoms with E-state index in [1.165, 1.54) is 6.92 Å². The summed E-state index contributed by atoms with van der Waals surface area (Å²) in [4.78, 5) is 29.4. The average molecular weight is 305 g/mol. The van der Waals surface area contributed by atoms with Gasteiger partial charge in [-0.25, -0.2) is 0 Å². The first-order valence-electron chi connectivity index (χ1n) is 7.73. The lowest BCUT2D eigenvalue weighted by atomic mass is 10.2. The molecule has 0 saturated heterocycles. The van der Waals surface area contributed by atoms with Crippen LogP contribution in [0.4, 0.5) is 11.4 Å². The molecule has 5 nitrogen and oxygen atoms in total. The molecule has 0 aliphatic heterocycles. The molecule has 122 valence electrons. The van der Waals surface area contributed by atoms with Crippen LogP contribution in [0.15, 0.2) is 24.3 Å². The predicted molar refractivity (Wildman–Crippen MR) is 91.3 cm³/mol. The molecule has 0 aliphatic carbocycles. The van der Waals surface area contributed by atoms with Gasteiger partial charge in [-0.3, -0.25) is 9.59 Å². The van der Waals surface area contributed by atoms with E-state index in [2.05, 4.69) is 0 Å². The van der Waals surface area contributed by atoms with Crippen LogP contribution in [-0.2, 0) is 9.59 Å². The van der Waals surface area contributed by atoms with Gasteiger partial charge in [0.2, 0.25) is 11.8 Å². The molecule has 0 aliphatic rings. The molecule has 0 atom stereocenters. The fourth-order valence-electron chi connectivity index (χ4n) is 2.34. The molecule has 0 fully saturated rings. The minimum atomic E-state index is -0.0510. The Hall–Kier alpha value is -2.04. The summed E-state index contributed by atoms with van der Waals surface area (Å²) >= 11 is 0. The van der Waals surface area contributed by atoms with Crippen molar-refractivity contribution in [1.29, 1.82) is 0 Å². The molecule has 0 N–H and O–H groups in total. The van der Waals surface area contributed by atoms with Crippen molar-refractivity contribution in [3.8, 4) is 0 Å². The van der Waals surface area contributed by atoms with Crippen molar-refractivity contribution in [2.24, 2.45) is 0 Å². The largest absolute Gasteiger partial charge is 0.378 e. The van der Waals surface area contributed by atoms with Crippen molar-refractivity contribution in [1.82, 2.24) is 4.90 Å². The third kappa shape index (κ3) is 4.76. The Balaban J connectivity index is 2.78. The quantitative estimate of drug-likeness (QED) is 0.777. The van der Waals surface area contributed by atoms with E-state index >= 15 is 0 Å². The smallest absolute Gasteiger partial charge is 0.224 e. The van der Waals surface area contributed by atoms with Gasteiger partial charge in [-0.15, -0.1) is 0 Å². The number of anilines is 2. The van der Waals surface area contributed by atoms with Crippen LogP contribution in [-0.4, -0.2) is 50.4 Å². The highest BCUT2D eigenvalue weighted by Crippen LogP contribution is 2.20. The fourth-order valence-corrected chi connectivity index (χ4v) is 2.34. The maximum atomic E-state index is 12.1. The highest BCUT2D eigenvalue weighted by atomic mass is 16.2. The molecular formula is C17H27N3O2. The molecule has 0 radical (unpaired) electrons. The molecular weight excluding hydrogens is 278 g/mol. The third-order valence-corrected chi connectivity index (χ3v) is 3.72. The van der Waals surface area contributed by atoms with Crippen LogP contribution in [0, 0.1) is 0 Å². The summed E-state index contributed by atoms with van der Waals surface area (Å²) in [5.41, 5.74) is 1.90. The summed E-state index contributed by atoms with van der Waals surface area (Å²) < 4.78 is 0. The molecule has 0 unspecified atom stereocenters. The van der Waals surface area contributed by atoms with E-state index in [-0.39, 0.29) is 11.8 Å². The minimum Gasteiger partial charge on any atom is -0.378 e. The first-order valence-corrected chi connectivity index (χ1v) is 7.73. The van der Waals surface area contributed by atoms with E-state index in [9.17, 15) is 9.59 Å². The molecule has 5 heteroatoms. The van der Waals surface area contributed by atoms with E-state index in [1.807, 2.05) is 57.1 Å². The topological polar surface area (TPSA) is 43.9 Å². The Bertz CT molecular complexity index is 493. The monoisotopic (exact) mass is 305 g/mol. The molecule has 1 rings (SSSR count). The molecule has 0 bridgehead atoms. The van der Waals surface area contributed by atoms with Gasteiger partial charge in [-0.1, -0.05) is 0 Å². The lowest BCUT2D eigenvalue weighted by Crippen LogP contribution is -2.36. The third-order valence-electron chi connectivity index (χ3n) is 3.72. The number of amides is 2. The highest BCUT2D eigenvalue weighted by molar-refractivity contribution is 5.92. The van der Waals surface area contributed by atoms with Gasteiger partial charge in [0, 0.05) is 58.4 Å². The molecule has 0 aromatic heterocycles. The number of carbonyl (C=O) groups is 2. The highest BCUT2D eigenvalue weighted by Gasteiger charge is 2.16. The van der Waals surface area contributed by atoms with Crippen molar-refractivity contribution in [3.05, 3.63) is 24.3 Å². The van der Waals surface area contributed by atoms with Crippen molar-refractivity contribution >= 4 is 23.2 Å². The number of hydrogen-bond acceptors (Lipinski definition) is 3. The maximum absolute atomic E-state index is 12.1. The summed E-state index contributed by atoms with van der Waals surface area (Å²) in [5.74, 6) is 0.0334. The number of rotatable bonds is 7. The SMILES string of the molecule is CCN(CC)C(=O)CCN(C(C)=O)c1ccc(N(C)C)cc1. The standard InChI is InChI=1S/C17H27N3O2/c1-6-19(7-2)17(22)12-13-20(14(3)21)16-10-8-15(9-11-16)18(4)5/h8-11H,6-7,12-13H2,1-5H3. The van der Waals surface area contributed by atoms with Crippen LogP contribution in [0.2, 0.25) is 0 Å². The second kappa shape index (κ2) is 8.41. The lowest BCUT2D eigenvalue weighted by Gasteiger charge is -2.24. The van der Waals surface area contributed by atoms with E-state index in [4.69, 9.17) is 0 Å². The Labute approximate surface area is 133 Å². The first-order chi connectivity index (χ1) is 10.4. The summed E-state index contributed by atoms with van der Waals surface area (Å²) in [6.45, 7) is 7.27. The van der Waals surface area contributed by atoms with E-state index in [0.29, 0.717) is 26.1 Å². The van der Waals surface area contributed by atoms with Gasteiger partial charge in [0.25, 0.3) is 0 Å². The Morgan fingerprint density at radius 3 is 1.86 bits per heavy atom. The fraction of sp³-hybridized carbons (Fsp3) is 0.529. The normalized spacial score (nSPS) is 10.2. The summed E-state index contributed by atoms with van der Waals surface area (Å²) in [5, 5.41) is 0. The average Bonchev–Trinajstić information content (AvgIpc) is 2.48. The summed E-state index contributed by atoms with van der Waals surface area (Å²) in [7, 11) is 3.95. The van der Waals surface area contributed by atoms with Crippen molar-refractivity contribution in [2.45, 2.75) is 27.2 Å². The number of benzene rings is 1. The van der Waals surface area contributed by atoms with Gasteiger partial charge in [0.1, 0.15) is 0 Å². The van der Waals surface area contributed by atoms with Crippen LogP contribution < -0.4 is 9.80 Å². The molecule has 0 saturated carbocycles. The molecule has 1 aromatic rings. The van der Waals surface area contributed by atoms with Crippen molar-refractivity contribution in [2.75, 3.05) is 43.5 Å². The summed E-state index contributed by atoms with van der Waals surface area (Å²) in [6, 6.07) is 7.77. The molecule has 2 amide bonds. The van der Waals surface area contributed by atoms with Crippen LogP contribution >= 0.6 is 0 Å². The molecule has 0 heterocycles. The zero-order valence-corrected chi connectivity index (χ0v) is 14.3. The Morgan fingerprint density at radius 2 is 1.45 bits per heavy atom. The van der Waals surface area contributed by atoms with Crippen molar-refractivity contribution < 1.29 is 9.59 Å². The number of carbonyl (C=O) groups excluding carboxylic acids is 2. The number of hydrogen-bond donors (Lipinski definition) is 0. The summed E-state index contributed by atoms with van der Waals surface area (Å²) in [6.07, 6.45) is 0.344. The van der Waals surface area contributed by atoms with Gasteiger partial charge in [0.05, 0.1) is 0 Å². The van der Waals surface area contributed by atoms with Crippen LogP contribution in [0.1, 0.15) is 27.2 Å². The van der Waals surface area contributed by atoms with Crippen LogP contribution in [0.3, 0.4) is 0 Å². The van der Waals surface area contributed by atoms with E-state index in [1.54, 1.807) is 9.80 Å². The van der Waals surface area contributed by atoms with Crippen molar-refractivity contribution in [3.63, 3.8) is 0 Å². The maximum Gasteiger partial charge on any atom is 0.224 e. The van der Waals surface area contributed by atoms with Gasteiger partial charge >= 0.3 is 0 Å². The second-order valence-corrected chi connectivity index (χ2v) is 5.40. The van der Waals surface area contributed by atoms with E-state index in [0.717, 1.165) is 11.4 Å². The molecule has 1 aromatic carbocycles. The first kappa shape index (κ1) is 18.0. The number of nitrogens with zero attached hydrogens (tertiary/aromatic N) is 3. The Kier molecular flexibility index (Phi) is 6.89. The van der Waals surface area contributed by atoms with Gasteiger partial charge in [-0.05, 0) is 38.1 Å². The van der Waals surface area contributed by atoms with Gasteiger partial charge in [-0.2, -0.15) is 0 Å².